The first-order valence-electron chi connectivity index (χ1n) is 6.31. The average molecular weight is 295 g/mol. The lowest BCUT2D eigenvalue weighted by Crippen LogP contribution is -2.14. The van der Waals surface area contributed by atoms with Crippen LogP contribution >= 0.6 is 11.6 Å². The van der Waals surface area contributed by atoms with E-state index >= 15 is 0 Å². The largest absolute Gasteiger partial charge is 0.493 e. The predicted molar refractivity (Wildman–Crippen MR) is 70.6 cm³/mol. The number of rotatable bonds is 6. The molecule has 0 amide bonds. The van der Waals surface area contributed by atoms with Gasteiger partial charge in [-0.3, -0.25) is 0 Å². The second kappa shape index (κ2) is 7.04. The van der Waals surface area contributed by atoms with E-state index in [1.54, 1.807) is 6.07 Å². The van der Waals surface area contributed by atoms with Crippen LogP contribution in [-0.2, 0) is 12.1 Å². The summed E-state index contributed by atoms with van der Waals surface area (Å²) < 4.78 is 44.1. The topological polar surface area (TPSA) is 9.23 Å². The first kappa shape index (κ1) is 16.2. The molecule has 1 aromatic rings. The quantitative estimate of drug-likeness (QED) is 0.650. The van der Waals surface area contributed by atoms with Crippen LogP contribution in [0.1, 0.15) is 37.8 Å². The van der Waals surface area contributed by atoms with Gasteiger partial charge in [-0.15, -0.1) is 11.6 Å². The maximum atomic E-state index is 12.9. The van der Waals surface area contributed by atoms with E-state index in [1.165, 1.54) is 6.07 Å². The summed E-state index contributed by atoms with van der Waals surface area (Å²) in [6.07, 6.45) is -2.65. The van der Waals surface area contributed by atoms with Crippen LogP contribution in [0.25, 0.3) is 0 Å². The van der Waals surface area contributed by atoms with Crippen molar-refractivity contribution in [3.63, 3.8) is 0 Å². The normalized spacial score (nSPS) is 11.9. The lowest BCUT2D eigenvalue weighted by atomic mass is 10.1. The van der Waals surface area contributed by atoms with Gasteiger partial charge in [-0.2, -0.15) is 13.2 Å². The number of hydrogen-bond donors (Lipinski definition) is 0. The minimum Gasteiger partial charge on any atom is -0.493 e. The fraction of sp³-hybridized carbons (Fsp3) is 0.571. The van der Waals surface area contributed by atoms with E-state index in [2.05, 4.69) is 0 Å². The van der Waals surface area contributed by atoms with Crippen LogP contribution in [0.15, 0.2) is 18.2 Å². The van der Waals surface area contributed by atoms with Gasteiger partial charge < -0.3 is 4.74 Å². The van der Waals surface area contributed by atoms with Gasteiger partial charge in [0.1, 0.15) is 5.75 Å². The fourth-order valence-corrected chi connectivity index (χ4v) is 1.91. The van der Waals surface area contributed by atoms with Crippen molar-refractivity contribution >= 4 is 11.6 Å². The highest BCUT2D eigenvalue weighted by Gasteiger charge is 2.34. The van der Waals surface area contributed by atoms with Crippen molar-refractivity contribution in [3.8, 4) is 5.75 Å². The van der Waals surface area contributed by atoms with Crippen LogP contribution in [0.4, 0.5) is 13.2 Å². The number of halogens is 4. The molecule has 108 valence electrons. The fourth-order valence-electron chi connectivity index (χ4n) is 1.74. The Labute approximate surface area is 116 Å². The molecule has 0 aliphatic rings. The molecule has 0 aromatic heterocycles. The molecule has 0 atom stereocenters. The van der Waals surface area contributed by atoms with E-state index in [4.69, 9.17) is 16.3 Å². The monoisotopic (exact) mass is 294 g/mol. The highest BCUT2D eigenvalue weighted by molar-refractivity contribution is 6.17. The molecular weight excluding hydrogens is 277 g/mol. The van der Waals surface area contributed by atoms with Gasteiger partial charge in [0.15, 0.2) is 0 Å². The summed E-state index contributed by atoms with van der Waals surface area (Å²) in [6.45, 7) is 4.30. The summed E-state index contributed by atoms with van der Waals surface area (Å²) in [4.78, 5) is 0. The average Bonchev–Trinajstić information content (AvgIpc) is 2.39. The van der Waals surface area contributed by atoms with Gasteiger partial charge in [-0.05, 0) is 23.6 Å². The van der Waals surface area contributed by atoms with Crippen LogP contribution < -0.4 is 4.74 Å². The summed E-state index contributed by atoms with van der Waals surface area (Å²) in [5.41, 5.74) is -0.319. The van der Waals surface area contributed by atoms with E-state index in [0.717, 1.165) is 18.9 Å². The van der Waals surface area contributed by atoms with E-state index in [1.807, 2.05) is 13.8 Å². The van der Waals surface area contributed by atoms with Crippen molar-refractivity contribution in [1.29, 1.82) is 0 Å². The molecule has 1 rings (SSSR count). The third-order valence-electron chi connectivity index (χ3n) is 3.13. The maximum absolute atomic E-state index is 12.9. The molecule has 0 N–H and O–H groups in total. The van der Waals surface area contributed by atoms with Crippen LogP contribution in [0.2, 0.25) is 0 Å². The predicted octanol–water partition coefficient (Wildman–Crippen LogP) is 5.26. The zero-order valence-electron chi connectivity index (χ0n) is 11.1. The third kappa shape index (κ3) is 4.60. The molecule has 1 aromatic carbocycles. The molecular formula is C14H18ClF3O. The Morgan fingerprint density at radius 1 is 1.21 bits per heavy atom. The molecule has 0 radical (unpaired) electrons. The summed E-state index contributed by atoms with van der Waals surface area (Å²) in [5, 5.41) is 0. The molecule has 1 nitrogen and oxygen atoms in total. The Kier molecular flexibility index (Phi) is 5.98. The van der Waals surface area contributed by atoms with E-state index < -0.39 is 11.7 Å². The number of benzene rings is 1. The lowest BCUT2D eigenvalue weighted by Gasteiger charge is -2.18. The smallest absolute Gasteiger partial charge is 0.419 e. The Morgan fingerprint density at radius 3 is 2.32 bits per heavy atom. The highest BCUT2D eigenvalue weighted by atomic mass is 35.5. The van der Waals surface area contributed by atoms with Crippen LogP contribution in [-0.4, -0.2) is 6.61 Å². The van der Waals surface area contributed by atoms with Crippen molar-refractivity contribution in [3.05, 3.63) is 29.3 Å². The molecule has 0 spiro atoms. The zero-order valence-corrected chi connectivity index (χ0v) is 11.8. The molecule has 5 heteroatoms. The Morgan fingerprint density at radius 2 is 1.84 bits per heavy atom. The molecule has 0 saturated carbocycles. The van der Waals surface area contributed by atoms with E-state index in [0.29, 0.717) is 12.2 Å². The van der Waals surface area contributed by atoms with Crippen molar-refractivity contribution in [2.45, 2.75) is 38.7 Å². The third-order valence-corrected chi connectivity index (χ3v) is 3.44. The summed E-state index contributed by atoms with van der Waals surface area (Å²) in [5.74, 6) is 0.206. The molecule has 0 saturated heterocycles. The molecule has 0 aliphatic heterocycles. The van der Waals surface area contributed by atoms with Crippen LogP contribution in [0, 0.1) is 5.92 Å². The maximum Gasteiger partial charge on any atom is 0.419 e. The number of hydrogen-bond acceptors (Lipinski definition) is 1. The number of alkyl halides is 4. The van der Waals surface area contributed by atoms with Gasteiger partial charge in [-0.1, -0.05) is 32.8 Å². The molecule has 0 aliphatic carbocycles. The second-order valence-corrected chi connectivity index (χ2v) is 4.72. The Bertz CT molecular complexity index is 400. The minimum absolute atomic E-state index is 0.0515. The SMILES string of the molecule is CCC(CC)COc1ccc(CCl)cc1C(F)(F)F. The minimum atomic E-state index is -4.43. The van der Waals surface area contributed by atoms with Gasteiger partial charge in [0.25, 0.3) is 0 Å². The van der Waals surface area contributed by atoms with Gasteiger partial charge in [0, 0.05) is 5.88 Å². The Balaban J connectivity index is 2.93. The number of ether oxygens (including phenoxy) is 1. The standard InChI is InChI=1S/C14H18ClF3O/c1-3-10(4-2)9-19-13-6-5-11(8-15)7-12(13)14(16,17)18/h5-7,10H,3-4,8-9H2,1-2H3. The van der Waals surface area contributed by atoms with Crippen molar-refractivity contribution < 1.29 is 17.9 Å². The van der Waals surface area contributed by atoms with E-state index in [9.17, 15) is 13.2 Å². The second-order valence-electron chi connectivity index (χ2n) is 4.46. The van der Waals surface area contributed by atoms with Gasteiger partial charge in [0.05, 0.1) is 12.2 Å². The van der Waals surface area contributed by atoms with Crippen LogP contribution in [0.3, 0.4) is 0 Å². The van der Waals surface area contributed by atoms with Gasteiger partial charge in [0.2, 0.25) is 0 Å². The van der Waals surface area contributed by atoms with Crippen molar-refractivity contribution in [1.82, 2.24) is 0 Å². The first-order valence-corrected chi connectivity index (χ1v) is 6.84. The lowest BCUT2D eigenvalue weighted by molar-refractivity contribution is -0.139. The first-order chi connectivity index (χ1) is 8.92. The van der Waals surface area contributed by atoms with Crippen LogP contribution in [0.5, 0.6) is 5.75 Å². The summed E-state index contributed by atoms with van der Waals surface area (Å²) in [7, 11) is 0. The summed E-state index contributed by atoms with van der Waals surface area (Å²) in [6, 6.07) is 3.96. The Hall–Kier alpha value is -0.900. The van der Waals surface area contributed by atoms with Crippen molar-refractivity contribution in [2.24, 2.45) is 5.92 Å². The van der Waals surface area contributed by atoms with Crippen molar-refractivity contribution in [2.75, 3.05) is 6.61 Å². The zero-order chi connectivity index (χ0) is 14.5. The summed E-state index contributed by atoms with van der Waals surface area (Å²) >= 11 is 5.57. The highest BCUT2D eigenvalue weighted by Crippen LogP contribution is 2.37. The van der Waals surface area contributed by atoms with Gasteiger partial charge >= 0.3 is 6.18 Å². The molecule has 0 fully saturated rings. The van der Waals surface area contributed by atoms with E-state index in [-0.39, 0.29) is 17.5 Å². The molecule has 0 unspecified atom stereocenters. The molecule has 19 heavy (non-hydrogen) atoms. The molecule has 0 heterocycles. The molecule has 0 bridgehead atoms. The van der Waals surface area contributed by atoms with Gasteiger partial charge in [-0.25, -0.2) is 0 Å².